The first-order chi connectivity index (χ1) is 8.99. The Balaban J connectivity index is 2.21. The maximum absolute atomic E-state index is 11.2. The zero-order chi connectivity index (χ0) is 14.0. The highest BCUT2D eigenvalue weighted by molar-refractivity contribution is 7.11. The van der Waals surface area contributed by atoms with Crippen LogP contribution in [0.5, 0.6) is 5.75 Å². The third-order valence-electron chi connectivity index (χ3n) is 2.86. The molecule has 2 rings (SSSR count). The van der Waals surface area contributed by atoms with E-state index < -0.39 is 5.97 Å². The number of para-hydroxylation sites is 1. The molecular weight excluding hydrogens is 262 g/mol. The van der Waals surface area contributed by atoms with Crippen LogP contribution in [0.1, 0.15) is 31.5 Å². The Morgan fingerprint density at radius 2 is 2.11 bits per heavy atom. The van der Waals surface area contributed by atoms with E-state index in [9.17, 15) is 4.79 Å². The molecule has 2 aromatic rings. The number of carboxylic acid groups (broad SMARTS) is 1. The third kappa shape index (κ3) is 2.93. The molecule has 1 N–H and O–H groups in total. The van der Waals surface area contributed by atoms with Crippen molar-refractivity contribution in [3.63, 3.8) is 0 Å². The molecule has 1 aromatic carbocycles. The van der Waals surface area contributed by atoms with E-state index in [1.54, 1.807) is 23.5 Å². The van der Waals surface area contributed by atoms with E-state index in [1.165, 1.54) is 0 Å². The quantitative estimate of drug-likeness (QED) is 0.931. The Morgan fingerprint density at radius 3 is 2.68 bits per heavy atom. The summed E-state index contributed by atoms with van der Waals surface area (Å²) in [6.45, 7) is 6.09. The average molecular weight is 277 g/mol. The van der Waals surface area contributed by atoms with E-state index in [0.717, 1.165) is 21.1 Å². The van der Waals surface area contributed by atoms with Crippen molar-refractivity contribution in [2.75, 3.05) is 0 Å². The SMILES string of the molecule is Cc1cccc(C(=O)O)c1OCc1nc(C)c(C)s1. The molecule has 0 radical (unpaired) electrons. The fourth-order valence-corrected chi connectivity index (χ4v) is 2.59. The minimum Gasteiger partial charge on any atom is -0.485 e. The Bertz CT molecular complexity index is 600. The Labute approximate surface area is 115 Å². The normalized spacial score (nSPS) is 10.5. The number of carboxylic acids is 1. The van der Waals surface area contributed by atoms with Crippen molar-refractivity contribution in [3.8, 4) is 5.75 Å². The second-order valence-electron chi connectivity index (χ2n) is 4.29. The molecule has 0 fully saturated rings. The second kappa shape index (κ2) is 5.40. The molecular formula is C14H15NO3S. The molecule has 0 atom stereocenters. The molecule has 0 aliphatic rings. The van der Waals surface area contributed by atoms with Gasteiger partial charge in [0.05, 0.1) is 5.69 Å². The lowest BCUT2D eigenvalue weighted by Gasteiger charge is -2.10. The standard InChI is InChI=1S/C14H15NO3S/c1-8-5-4-6-11(14(16)17)13(8)18-7-12-15-9(2)10(3)19-12/h4-6H,7H2,1-3H3,(H,16,17). The Hall–Kier alpha value is -1.88. The van der Waals surface area contributed by atoms with Crippen molar-refractivity contribution >= 4 is 17.3 Å². The number of thiazole rings is 1. The average Bonchev–Trinajstić information content (AvgIpc) is 2.67. The molecule has 0 saturated carbocycles. The summed E-state index contributed by atoms with van der Waals surface area (Å²) in [5.41, 5.74) is 1.99. The zero-order valence-electron chi connectivity index (χ0n) is 11.1. The smallest absolute Gasteiger partial charge is 0.339 e. The number of aromatic nitrogens is 1. The topological polar surface area (TPSA) is 59.4 Å². The van der Waals surface area contributed by atoms with Gasteiger partial charge in [-0.2, -0.15) is 0 Å². The molecule has 19 heavy (non-hydrogen) atoms. The van der Waals surface area contributed by atoms with E-state index in [1.807, 2.05) is 26.8 Å². The summed E-state index contributed by atoms with van der Waals surface area (Å²) in [6, 6.07) is 5.09. The highest BCUT2D eigenvalue weighted by Crippen LogP contribution is 2.25. The lowest BCUT2D eigenvalue weighted by Crippen LogP contribution is -2.04. The van der Waals surface area contributed by atoms with Crippen molar-refractivity contribution in [2.45, 2.75) is 27.4 Å². The minimum absolute atomic E-state index is 0.185. The van der Waals surface area contributed by atoms with E-state index in [4.69, 9.17) is 9.84 Å². The number of ether oxygens (including phenoxy) is 1. The van der Waals surface area contributed by atoms with Crippen LogP contribution < -0.4 is 4.74 Å². The summed E-state index contributed by atoms with van der Waals surface area (Å²) in [5.74, 6) is -0.564. The van der Waals surface area contributed by atoms with Crippen LogP contribution in [0.25, 0.3) is 0 Å². The van der Waals surface area contributed by atoms with Gasteiger partial charge in [-0.25, -0.2) is 9.78 Å². The second-order valence-corrected chi connectivity index (χ2v) is 5.58. The van der Waals surface area contributed by atoms with E-state index in [2.05, 4.69) is 4.98 Å². The van der Waals surface area contributed by atoms with Gasteiger partial charge < -0.3 is 9.84 Å². The maximum atomic E-state index is 11.2. The molecule has 0 aliphatic carbocycles. The fraction of sp³-hybridized carbons (Fsp3) is 0.286. The lowest BCUT2D eigenvalue weighted by atomic mass is 10.1. The molecule has 5 heteroatoms. The number of rotatable bonds is 4. The van der Waals surface area contributed by atoms with Gasteiger partial charge in [0.25, 0.3) is 0 Å². The van der Waals surface area contributed by atoms with E-state index in [0.29, 0.717) is 12.4 Å². The van der Waals surface area contributed by atoms with Gasteiger partial charge in [-0.3, -0.25) is 0 Å². The first-order valence-corrected chi connectivity index (χ1v) is 6.69. The van der Waals surface area contributed by atoms with Gasteiger partial charge in [-0.1, -0.05) is 12.1 Å². The van der Waals surface area contributed by atoms with Crippen molar-refractivity contribution in [1.29, 1.82) is 0 Å². The molecule has 0 amide bonds. The molecule has 100 valence electrons. The van der Waals surface area contributed by atoms with Crippen molar-refractivity contribution in [2.24, 2.45) is 0 Å². The number of nitrogens with zero attached hydrogens (tertiary/aromatic N) is 1. The maximum Gasteiger partial charge on any atom is 0.339 e. The molecule has 0 bridgehead atoms. The number of hydrogen-bond acceptors (Lipinski definition) is 4. The molecule has 1 heterocycles. The van der Waals surface area contributed by atoms with Crippen LogP contribution in [0.4, 0.5) is 0 Å². The van der Waals surface area contributed by atoms with Crippen molar-refractivity contribution < 1.29 is 14.6 Å². The summed E-state index contributed by atoms with van der Waals surface area (Å²) in [4.78, 5) is 16.7. The van der Waals surface area contributed by atoms with E-state index in [-0.39, 0.29) is 5.56 Å². The van der Waals surface area contributed by atoms with E-state index >= 15 is 0 Å². The number of aryl methyl sites for hydroxylation is 3. The van der Waals surface area contributed by atoms with Crippen LogP contribution in [-0.2, 0) is 6.61 Å². The van der Waals surface area contributed by atoms with Gasteiger partial charge in [0.15, 0.2) is 0 Å². The van der Waals surface area contributed by atoms with Crippen molar-refractivity contribution in [1.82, 2.24) is 4.98 Å². The molecule has 0 saturated heterocycles. The van der Waals surface area contributed by atoms with Gasteiger partial charge in [-0.05, 0) is 32.4 Å². The summed E-state index contributed by atoms with van der Waals surface area (Å²) in [6.07, 6.45) is 0. The molecule has 1 aromatic heterocycles. The van der Waals surface area contributed by atoms with Crippen LogP contribution in [0.15, 0.2) is 18.2 Å². The number of hydrogen-bond donors (Lipinski definition) is 1. The highest BCUT2D eigenvalue weighted by Gasteiger charge is 2.14. The summed E-state index contributed by atoms with van der Waals surface area (Å²) >= 11 is 1.57. The predicted molar refractivity (Wildman–Crippen MR) is 74.1 cm³/mol. The highest BCUT2D eigenvalue weighted by atomic mass is 32.1. The van der Waals surface area contributed by atoms with Gasteiger partial charge in [-0.15, -0.1) is 11.3 Å². The fourth-order valence-electron chi connectivity index (χ4n) is 1.75. The number of aromatic carboxylic acids is 1. The van der Waals surface area contributed by atoms with Crippen LogP contribution in [0.2, 0.25) is 0 Å². The summed E-state index contributed by atoms with van der Waals surface area (Å²) in [7, 11) is 0. The summed E-state index contributed by atoms with van der Waals surface area (Å²) in [5, 5.41) is 10.00. The third-order valence-corrected chi connectivity index (χ3v) is 3.90. The van der Waals surface area contributed by atoms with Crippen LogP contribution >= 0.6 is 11.3 Å². The van der Waals surface area contributed by atoms with Crippen LogP contribution in [-0.4, -0.2) is 16.1 Å². The Morgan fingerprint density at radius 1 is 1.37 bits per heavy atom. The number of benzene rings is 1. The van der Waals surface area contributed by atoms with Gasteiger partial charge >= 0.3 is 5.97 Å². The first kappa shape index (κ1) is 13.5. The molecule has 0 spiro atoms. The first-order valence-electron chi connectivity index (χ1n) is 5.87. The largest absolute Gasteiger partial charge is 0.485 e. The zero-order valence-corrected chi connectivity index (χ0v) is 11.9. The predicted octanol–water partition coefficient (Wildman–Crippen LogP) is 3.35. The minimum atomic E-state index is -0.981. The van der Waals surface area contributed by atoms with Crippen LogP contribution in [0, 0.1) is 20.8 Å². The molecule has 4 nitrogen and oxygen atoms in total. The molecule has 0 unspecified atom stereocenters. The Kier molecular flexibility index (Phi) is 3.85. The molecule has 0 aliphatic heterocycles. The lowest BCUT2D eigenvalue weighted by molar-refractivity contribution is 0.0691. The van der Waals surface area contributed by atoms with Crippen molar-refractivity contribution in [3.05, 3.63) is 44.9 Å². The van der Waals surface area contributed by atoms with Crippen LogP contribution in [0.3, 0.4) is 0 Å². The van der Waals surface area contributed by atoms with Gasteiger partial charge in [0, 0.05) is 4.88 Å². The van der Waals surface area contributed by atoms with Gasteiger partial charge in [0.1, 0.15) is 22.9 Å². The number of carbonyl (C=O) groups is 1. The summed E-state index contributed by atoms with van der Waals surface area (Å²) < 4.78 is 5.65. The monoisotopic (exact) mass is 277 g/mol. The van der Waals surface area contributed by atoms with Gasteiger partial charge in [0.2, 0.25) is 0 Å².